The molecule has 1 aromatic heterocycles. The van der Waals surface area contributed by atoms with Gasteiger partial charge in [0.1, 0.15) is 11.6 Å². The molecule has 0 aliphatic rings. The van der Waals surface area contributed by atoms with E-state index in [1.807, 2.05) is 0 Å². The molecule has 0 saturated heterocycles. The number of nitrogens with two attached hydrogens (primary N) is 1. The number of aromatic amines is 1. The fourth-order valence-corrected chi connectivity index (χ4v) is 1.68. The minimum absolute atomic E-state index is 0.0576. The van der Waals surface area contributed by atoms with Gasteiger partial charge in [0.05, 0.1) is 17.9 Å². The SMILES string of the molecule is CC(C)(C)[C@H](N)c1ncc(-c2ccc(F)cc2)[nH]1. The van der Waals surface area contributed by atoms with Crippen molar-refractivity contribution in [3.8, 4) is 11.3 Å². The van der Waals surface area contributed by atoms with Gasteiger partial charge in [-0.05, 0) is 35.2 Å². The molecule has 2 rings (SSSR count). The lowest BCUT2D eigenvalue weighted by Crippen LogP contribution is -2.27. The number of hydrogen-bond acceptors (Lipinski definition) is 2. The monoisotopic (exact) mass is 247 g/mol. The number of halogens is 1. The average Bonchev–Trinajstić information content (AvgIpc) is 2.77. The third-order valence-corrected chi connectivity index (χ3v) is 2.98. The van der Waals surface area contributed by atoms with E-state index in [2.05, 4.69) is 30.7 Å². The van der Waals surface area contributed by atoms with Crippen molar-refractivity contribution in [1.29, 1.82) is 0 Å². The van der Waals surface area contributed by atoms with Crippen LogP contribution in [0.5, 0.6) is 0 Å². The molecule has 2 aromatic rings. The lowest BCUT2D eigenvalue weighted by atomic mass is 9.87. The van der Waals surface area contributed by atoms with Gasteiger partial charge in [-0.15, -0.1) is 0 Å². The number of benzene rings is 1. The van der Waals surface area contributed by atoms with Gasteiger partial charge in [-0.1, -0.05) is 20.8 Å². The Morgan fingerprint density at radius 1 is 1.22 bits per heavy atom. The van der Waals surface area contributed by atoms with Crippen molar-refractivity contribution in [2.24, 2.45) is 11.1 Å². The van der Waals surface area contributed by atoms with Crippen molar-refractivity contribution in [2.45, 2.75) is 26.8 Å². The molecule has 96 valence electrons. The maximum Gasteiger partial charge on any atom is 0.124 e. The standard InChI is InChI=1S/C14H18FN3/c1-14(2,3)12(16)13-17-8-11(18-13)9-4-6-10(15)7-5-9/h4-8,12H,16H2,1-3H3,(H,17,18)/t12-/m1/s1. The highest BCUT2D eigenvalue weighted by molar-refractivity contribution is 5.58. The Labute approximate surface area is 106 Å². The molecule has 0 bridgehead atoms. The Kier molecular flexibility index (Phi) is 3.22. The molecule has 0 aliphatic heterocycles. The van der Waals surface area contributed by atoms with Gasteiger partial charge in [-0.3, -0.25) is 0 Å². The number of hydrogen-bond donors (Lipinski definition) is 2. The van der Waals surface area contributed by atoms with E-state index in [1.165, 1.54) is 12.1 Å². The van der Waals surface area contributed by atoms with Gasteiger partial charge in [-0.25, -0.2) is 9.37 Å². The quantitative estimate of drug-likeness (QED) is 0.855. The second-order valence-corrected chi connectivity index (χ2v) is 5.53. The summed E-state index contributed by atoms with van der Waals surface area (Å²) in [5.74, 6) is 0.506. The Morgan fingerprint density at radius 3 is 2.39 bits per heavy atom. The minimum Gasteiger partial charge on any atom is -0.341 e. The van der Waals surface area contributed by atoms with E-state index in [-0.39, 0.29) is 17.3 Å². The van der Waals surface area contributed by atoms with E-state index in [9.17, 15) is 4.39 Å². The van der Waals surface area contributed by atoms with Crippen LogP contribution in [0, 0.1) is 11.2 Å². The number of aromatic nitrogens is 2. The highest BCUT2D eigenvalue weighted by Gasteiger charge is 2.24. The highest BCUT2D eigenvalue weighted by atomic mass is 19.1. The summed E-state index contributed by atoms with van der Waals surface area (Å²) in [6.45, 7) is 6.20. The molecule has 0 radical (unpaired) electrons. The predicted octanol–water partition coefficient (Wildman–Crippen LogP) is 3.26. The largest absolute Gasteiger partial charge is 0.341 e. The van der Waals surface area contributed by atoms with Crippen molar-refractivity contribution in [2.75, 3.05) is 0 Å². The topological polar surface area (TPSA) is 54.7 Å². The summed E-state index contributed by atoms with van der Waals surface area (Å²) in [5, 5.41) is 0. The molecule has 4 heteroatoms. The highest BCUT2D eigenvalue weighted by Crippen LogP contribution is 2.29. The molecule has 0 aliphatic carbocycles. The number of imidazole rings is 1. The summed E-state index contributed by atoms with van der Waals surface area (Å²) >= 11 is 0. The van der Waals surface area contributed by atoms with E-state index in [1.54, 1.807) is 18.3 Å². The Hall–Kier alpha value is -1.68. The molecule has 3 nitrogen and oxygen atoms in total. The first-order valence-electron chi connectivity index (χ1n) is 5.94. The number of H-pyrrole nitrogens is 1. The molecule has 1 aromatic carbocycles. The number of rotatable bonds is 2. The molecule has 3 N–H and O–H groups in total. The first kappa shape index (κ1) is 12.8. The zero-order valence-corrected chi connectivity index (χ0v) is 10.9. The van der Waals surface area contributed by atoms with Crippen molar-refractivity contribution < 1.29 is 4.39 Å². The number of nitrogens with zero attached hydrogens (tertiary/aromatic N) is 1. The fourth-order valence-electron chi connectivity index (χ4n) is 1.68. The van der Waals surface area contributed by atoms with E-state index in [0.29, 0.717) is 0 Å². The maximum atomic E-state index is 12.8. The predicted molar refractivity (Wildman–Crippen MR) is 70.4 cm³/mol. The van der Waals surface area contributed by atoms with Crippen molar-refractivity contribution >= 4 is 0 Å². The lowest BCUT2D eigenvalue weighted by Gasteiger charge is -2.24. The van der Waals surface area contributed by atoms with E-state index in [0.717, 1.165) is 17.1 Å². The van der Waals surface area contributed by atoms with Crippen LogP contribution in [-0.2, 0) is 0 Å². The van der Waals surface area contributed by atoms with Crippen molar-refractivity contribution in [3.63, 3.8) is 0 Å². The summed E-state index contributed by atoms with van der Waals surface area (Å²) in [6.07, 6.45) is 1.73. The molecule has 1 heterocycles. The van der Waals surface area contributed by atoms with Crippen LogP contribution in [0.4, 0.5) is 4.39 Å². The second kappa shape index (κ2) is 4.53. The van der Waals surface area contributed by atoms with Gasteiger partial charge in [-0.2, -0.15) is 0 Å². The van der Waals surface area contributed by atoms with Crippen LogP contribution in [0.15, 0.2) is 30.5 Å². The summed E-state index contributed by atoms with van der Waals surface area (Å²) in [7, 11) is 0. The zero-order valence-electron chi connectivity index (χ0n) is 10.9. The van der Waals surface area contributed by atoms with Crippen LogP contribution in [0.3, 0.4) is 0 Å². The maximum absolute atomic E-state index is 12.8. The van der Waals surface area contributed by atoms with Gasteiger partial charge in [0.2, 0.25) is 0 Å². The van der Waals surface area contributed by atoms with Gasteiger partial charge < -0.3 is 10.7 Å². The second-order valence-electron chi connectivity index (χ2n) is 5.53. The molecule has 0 saturated carbocycles. The molecule has 0 unspecified atom stereocenters. The third-order valence-electron chi connectivity index (χ3n) is 2.98. The van der Waals surface area contributed by atoms with Gasteiger partial charge >= 0.3 is 0 Å². The van der Waals surface area contributed by atoms with Crippen LogP contribution in [0.1, 0.15) is 32.6 Å². The van der Waals surface area contributed by atoms with Crippen LogP contribution in [0.2, 0.25) is 0 Å². The summed E-state index contributed by atoms with van der Waals surface area (Å²) in [5.41, 5.74) is 7.83. The smallest absolute Gasteiger partial charge is 0.124 e. The van der Waals surface area contributed by atoms with Crippen LogP contribution >= 0.6 is 0 Å². The molecular formula is C14H18FN3. The summed E-state index contributed by atoms with van der Waals surface area (Å²) < 4.78 is 12.8. The Balaban J connectivity index is 2.28. The molecule has 18 heavy (non-hydrogen) atoms. The van der Waals surface area contributed by atoms with Gasteiger partial charge in [0, 0.05) is 0 Å². The first-order chi connectivity index (χ1) is 8.38. The molecule has 0 spiro atoms. The average molecular weight is 247 g/mol. The van der Waals surface area contributed by atoms with Crippen LogP contribution in [0.25, 0.3) is 11.3 Å². The van der Waals surface area contributed by atoms with Gasteiger partial charge in [0.15, 0.2) is 0 Å². The number of nitrogens with one attached hydrogen (secondary N) is 1. The van der Waals surface area contributed by atoms with Crippen LogP contribution in [-0.4, -0.2) is 9.97 Å². The molecular weight excluding hydrogens is 229 g/mol. The van der Waals surface area contributed by atoms with E-state index in [4.69, 9.17) is 5.73 Å². The summed E-state index contributed by atoms with van der Waals surface area (Å²) in [6, 6.07) is 6.13. The Morgan fingerprint density at radius 2 is 1.83 bits per heavy atom. The van der Waals surface area contributed by atoms with E-state index >= 15 is 0 Å². The zero-order chi connectivity index (χ0) is 13.3. The minimum atomic E-state index is -0.245. The third kappa shape index (κ3) is 2.59. The fraction of sp³-hybridized carbons (Fsp3) is 0.357. The molecule has 1 atom stereocenters. The lowest BCUT2D eigenvalue weighted by molar-refractivity contribution is 0.317. The van der Waals surface area contributed by atoms with E-state index < -0.39 is 0 Å². The van der Waals surface area contributed by atoms with Crippen molar-refractivity contribution in [1.82, 2.24) is 9.97 Å². The van der Waals surface area contributed by atoms with Crippen molar-refractivity contribution in [3.05, 3.63) is 42.1 Å². The molecule has 0 fully saturated rings. The van der Waals surface area contributed by atoms with Crippen LogP contribution < -0.4 is 5.73 Å². The Bertz CT molecular complexity index is 523. The molecule has 0 amide bonds. The summed E-state index contributed by atoms with van der Waals surface area (Å²) in [4.78, 5) is 7.50. The normalized spacial score (nSPS) is 13.6. The first-order valence-corrected chi connectivity index (χ1v) is 5.94. The van der Waals surface area contributed by atoms with Gasteiger partial charge in [0.25, 0.3) is 0 Å².